The van der Waals surface area contributed by atoms with Crippen molar-refractivity contribution in [3.63, 3.8) is 0 Å². The summed E-state index contributed by atoms with van der Waals surface area (Å²) in [5, 5.41) is 12.7. The zero-order valence-corrected chi connectivity index (χ0v) is 20.5. The minimum atomic E-state index is -0.453. The maximum absolute atomic E-state index is 12.3. The molecule has 32 heavy (non-hydrogen) atoms. The summed E-state index contributed by atoms with van der Waals surface area (Å²) in [4.78, 5) is 28.8. The third-order valence-corrected chi connectivity index (χ3v) is 6.62. The van der Waals surface area contributed by atoms with E-state index in [-0.39, 0.29) is 24.9 Å². The number of nitrogens with zero attached hydrogens (tertiary/aromatic N) is 4. The molecule has 0 spiro atoms. The maximum Gasteiger partial charge on any atom is 0.350 e. The van der Waals surface area contributed by atoms with Gasteiger partial charge in [-0.25, -0.2) is 9.78 Å². The van der Waals surface area contributed by atoms with Crippen molar-refractivity contribution < 1.29 is 19.1 Å². The minimum Gasteiger partial charge on any atom is -0.484 e. The molecule has 0 aliphatic heterocycles. The van der Waals surface area contributed by atoms with E-state index in [9.17, 15) is 9.59 Å². The van der Waals surface area contributed by atoms with E-state index in [4.69, 9.17) is 32.7 Å². The number of benzene rings is 1. The second-order valence-electron chi connectivity index (χ2n) is 6.31. The number of hydrogen-bond acceptors (Lipinski definition) is 9. The summed E-state index contributed by atoms with van der Waals surface area (Å²) < 4.78 is 12.4. The van der Waals surface area contributed by atoms with Crippen LogP contribution in [0.15, 0.2) is 23.4 Å². The second-order valence-corrected chi connectivity index (χ2v) is 9.10. The van der Waals surface area contributed by atoms with Gasteiger partial charge in [-0.1, -0.05) is 46.3 Å². The highest BCUT2D eigenvalue weighted by Crippen LogP contribution is 2.28. The van der Waals surface area contributed by atoms with E-state index in [1.807, 2.05) is 0 Å². The highest BCUT2D eigenvalue weighted by atomic mass is 35.5. The number of aryl methyl sites for hydroxylation is 1. The quantitative estimate of drug-likeness (QED) is 0.330. The lowest BCUT2D eigenvalue weighted by Crippen LogP contribution is -2.14. The Kier molecular flexibility index (Phi) is 8.35. The van der Waals surface area contributed by atoms with E-state index in [1.165, 1.54) is 11.8 Å². The zero-order valence-electron chi connectivity index (χ0n) is 17.3. The third-order valence-electron chi connectivity index (χ3n) is 4.01. The first-order valence-electron chi connectivity index (χ1n) is 9.31. The van der Waals surface area contributed by atoms with E-state index < -0.39 is 5.97 Å². The van der Waals surface area contributed by atoms with Gasteiger partial charge in [0.05, 0.1) is 23.1 Å². The lowest BCUT2D eigenvalue weighted by molar-refractivity contribution is -0.113. The van der Waals surface area contributed by atoms with Crippen molar-refractivity contribution >= 4 is 63.3 Å². The molecule has 0 saturated heterocycles. The molecule has 1 aromatic carbocycles. The molecule has 0 aliphatic carbocycles. The number of thiazole rings is 1. The van der Waals surface area contributed by atoms with Crippen molar-refractivity contribution in [2.45, 2.75) is 25.6 Å². The summed E-state index contributed by atoms with van der Waals surface area (Å²) in [6, 6.07) is 4.95. The molecule has 0 bridgehead atoms. The predicted octanol–water partition coefficient (Wildman–Crippen LogP) is 4.37. The lowest BCUT2D eigenvalue weighted by atomic mass is 10.3. The molecule has 3 aromatic rings. The molecule has 3 rings (SSSR count). The van der Waals surface area contributed by atoms with Crippen molar-refractivity contribution in [3.8, 4) is 5.75 Å². The van der Waals surface area contributed by atoms with Gasteiger partial charge in [0, 0.05) is 12.1 Å². The molecular formula is C19H19Cl2N5O4S2. The fraction of sp³-hybridized carbons (Fsp3) is 0.316. The monoisotopic (exact) mass is 515 g/mol. The number of anilines is 1. The smallest absolute Gasteiger partial charge is 0.350 e. The average molecular weight is 516 g/mol. The van der Waals surface area contributed by atoms with Crippen LogP contribution in [-0.2, 0) is 23.2 Å². The lowest BCUT2D eigenvalue weighted by Gasteiger charge is -2.08. The molecule has 1 amide bonds. The minimum absolute atomic E-state index is 0.0865. The largest absolute Gasteiger partial charge is 0.484 e. The fourth-order valence-electron chi connectivity index (χ4n) is 2.45. The molecule has 2 heterocycles. The summed E-state index contributed by atoms with van der Waals surface area (Å²) in [6.45, 7) is 3.83. The Morgan fingerprint density at radius 1 is 1.28 bits per heavy atom. The predicted molar refractivity (Wildman–Crippen MR) is 124 cm³/mol. The number of carbonyl (C=O) groups excluding carboxylic acids is 2. The van der Waals surface area contributed by atoms with E-state index in [2.05, 4.69) is 20.5 Å². The topological polar surface area (TPSA) is 108 Å². The molecule has 0 radical (unpaired) electrons. The number of amides is 1. The van der Waals surface area contributed by atoms with Crippen LogP contribution in [0, 0.1) is 6.92 Å². The summed E-state index contributed by atoms with van der Waals surface area (Å²) >= 11 is 14.3. The van der Waals surface area contributed by atoms with Crippen LogP contribution in [-0.4, -0.2) is 44.0 Å². The van der Waals surface area contributed by atoms with Crippen molar-refractivity contribution in [3.05, 3.63) is 44.6 Å². The summed E-state index contributed by atoms with van der Waals surface area (Å²) in [7, 11) is 1.78. The van der Waals surface area contributed by atoms with Gasteiger partial charge in [-0.05, 0) is 32.0 Å². The van der Waals surface area contributed by atoms with Crippen molar-refractivity contribution in [1.29, 1.82) is 0 Å². The molecule has 1 N–H and O–H groups in total. The van der Waals surface area contributed by atoms with Crippen LogP contribution in [0.2, 0.25) is 10.0 Å². The Labute approximate surface area is 202 Å². The molecule has 0 aliphatic rings. The molecule has 9 nitrogen and oxygen atoms in total. The maximum atomic E-state index is 12.3. The Morgan fingerprint density at radius 3 is 2.78 bits per heavy atom. The fourth-order valence-corrected chi connectivity index (χ4v) is 4.52. The Hall–Kier alpha value is -2.34. The SMILES string of the molecule is CCOC(=O)c1sc(NC(=O)CSc2nnc(COc3ccc(Cl)cc3Cl)n2C)nc1C. The Morgan fingerprint density at radius 2 is 2.06 bits per heavy atom. The van der Waals surface area contributed by atoms with Gasteiger partial charge in [-0.15, -0.1) is 10.2 Å². The number of hydrogen-bond donors (Lipinski definition) is 1. The van der Waals surface area contributed by atoms with Crippen LogP contribution in [0.3, 0.4) is 0 Å². The van der Waals surface area contributed by atoms with Crippen LogP contribution in [0.25, 0.3) is 0 Å². The summed E-state index contributed by atoms with van der Waals surface area (Å²) in [6.07, 6.45) is 0. The van der Waals surface area contributed by atoms with Crippen LogP contribution in [0.5, 0.6) is 5.75 Å². The molecule has 13 heteroatoms. The van der Waals surface area contributed by atoms with Gasteiger partial charge < -0.3 is 19.4 Å². The number of halogens is 2. The molecule has 0 fully saturated rings. The van der Waals surface area contributed by atoms with E-state index in [0.29, 0.717) is 42.5 Å². The highest BCUT2D eigenvalue weighted by Gasteiger charge is 2.18. The summed E-state index contributed by atoms with van der Waals surface area (Å²) in [5.41, 5.74) is 0.509. The number of carbonyl (C=O) groups is 2. The van der Waals surface area contributed by atoms with Crippen LogP contribution in [0.1, 0.15) is 28.1 Å². The Balaban J connectivity index is 1.54. The number of thioether (sulfide) groups is 1. The molecule has 2 aromatic heterocycles. The van der Waals surface area contributed by atoms with E-state index >= 15 is 0 Å². The normalized spacial score (nSPS) is 10.8. The molecular weight excluding hydrogens is 497 g/mol. The van der Waals surface area contributed by atoms with Gasteiger partial charge in [-0.2, -0.15) is 0 Å². The van der Waals surface area contributed by atoms with Gasteiger partial charge in [-0.3, -0.25) is 4.79 Å². The number of aromatic nitrogens is 4. The average Bonchev–Trinajstić information content (AvgIpc) is 3.28. The molecule has 170 valence electrons. The van der Waals surface area contributed by atoms with Crippen molar-refractivity contribution in [2.24, 2.45) is 7.05 Å². The molecule has 0 atom stereocenters. The van der Waals surface area contributed by atoms with Gasteiger partial charge >= 0.3 is 5.97 Å². The van der Waals surface area contributed by atoms with Crippen molar-refractivity contribution in [2.75, 3.05) is 17.7 Å². The van der Waals surface area contributed by atoms with E-state index in [1.54, 1.807) is 43.7 Å². The zero-order chi connectivity index (χ0) is 23.3. The number of rotatable bonds is 9. The van der Waals surface area contributed by atoms with Gasteiger partial charge in [0.2, 0.25) is 5.91 Å². The van der Waals surface area contributed by atoms with E-state index in [0.717, 1.165) is 11.3 Å². The van der Waals surface area contributed by atoms with Crippen LogP contribution < -0.4 is 10.1 Å². The standard InChI is InChI=1S/C19H19Cl2N5O4S2/c1-4-29-17(28)16-10(2)22-18(32-16)23-15(27)9-31-19-25-24-14(26(19)3)8-30-13-6-5-11(20)7-12(13)21/h5-7H,4,8-9H2,1-3H3,(H,22,23,27). The number of nitrogens with one attached hydrogen (secondary N) is 1. The van der Waals surface area contributed by atoms with Gasteiger partial charge in [0.25, 0.3) is 0 Å². The first-order chi connectivity index (χ1) is 15.3. The Bertz CT molecular complexity index is 1140. The molecule has 0 unspecified atom stereocenters. The first kappa shape index (κ1) is 24.3. The molecule has 0 saturated carbocycles. The van der Waals surface area contributed by atoms with Crippen LogP contribution >= 0.6 is 46.3 Å². The number of esters is 1. The third kappa shape index (κ3) is 6.12. The first-order valence-corrected chi connectivity index (χ1v) is 11.9. The highest BCUT2D eigenvalue weighted by molar-refractivity contribution is 7.99. The number of ether oxygens (including phenoxy) is 2. The van der Waals surface area contributed by atoms with Gasteiger partial charge in [0.1, 0.15) is 17.2 Å². The summed E-state index contributed by atoms with van der Waals surface area (Å²) in [5.74, 6) is 0.393. The van der Waals surface area contributed by atoms with Gasteiger partial charge in [0.15, 0.2) is 16.1 Å². The second kappa shape index (κ2) is 11.0. The van der Waals surface area contributed by atoms with Crippen molar-refractivity contribution in [1.82, 2.24) is 19.7 Å². The van der Waals surface area contributed by atoms with Crippen LogP contribution in [0.4, 0.5) is 5.13 Å².